The molecule has 2 heterocycles. The maximum atomic E-state index is 11.4. The van der Waals surface area contributed by atoms with Crippen LogP contribution in [0.1, 0.15) is 23.2 Å². The smallest absolute Gasteiger partial charge is 0.306 e. The van der Waals surface area contributed by atoms with Crippen LogP contribution in [0.4, 0.5) is 0 Å². The maximum absolute atomic E-state index is 11.4. The van der Waals surface area contributed by atoms with Crippen molar-refractivity contribution in [2.75, 3.05) is 0 Å². The molecule has 0 amide bonds. The third-order valence-electron chi connectivity index (χ3n) is 2.98. The fourth-order valence-electron chi connectivity index (χ4n) is 2.07. The van der Waals surface area contributed by atoms with E-state index in [1.165, 1.54) is 6.92 Å². The molecule has 2 aromatic heterocycles. The lowest BCUT2D eigenvalue weighted by molar-refractivity contribution is 0.100. The van der Waals surface area contributed by atoms with Gasteiger partial charge in [-0.3, -0.25) is 4.79 Å². The molecule has 3 aromatic rings. The van der Waals surface area contributed by atoms with Gasteiger partial charge in [0.05, 0.1) is 16.7 Å². The number of aryl methyl sites for hydroxylation is 1. The third kappa shape index (κ3) is 2.11. The van der Waals surface area contributed by atoms with Crippen LogP contribution < -0.4 is 5.69 Å². The Hall–Kier alpha value is -2.76. The summed E-state index contributed by atoms with van der Waals surface area (Å²) in [4.78, 5) is 36.4. The zero-order valence-corrected chi connectivity index (χ0v) is 11.0. The van der Waals surface area contributed by atoms with E-state index in [4.69, 9.17) is 0 Å². The van der Waals surface area contributed by atoms with E-state index in [0.717, 1.165) is 16.8 Å². The summed E-state index contributed by atoms with van der Waals surface area (Å²) >= 11 is 0. The molecule has 6 heteroatoms. The lowest BCUT2D eigenvalue weighted by Gasteiger charge is -2.04. The SMILES string of the molecule is CC(=O)c1nc(C)cc(-c2ccc3[nH]c(=O)[nH]c3c2)n1. The second-order valence-corrected chi connectivity index (χ2v) is 4.61. The van der Waals surface area contributed by atoms with Gasteiger partial charge in [0.25, 0.3) is 0 Å². The molecular formula is C14H12N4O2. The first-order valence-electron chi connectivity index (χ1n) is 6.12. The summed E-state index contributed by atoms with van der Waals surface area (Å²) in [6.07, 6.45) is 0. The highest BCUT2D eigenvalue weighted by atomic mass is 16.1. The number of Topliss-reactive ketones (excluding diaryl/α,β-unsaturated/α-hetero) is 1. The minimum atomic E-state index is -0.250. The quantitative estimate of drug-likeness (QED) is 0.693. The molecule has 0 aliphatic rings. The molecule has 0 atom stereocenters. The lowest BCUT2D eigenvalue weighted by atomic mass is 10.1. The zero-order chi connectivity index (χ0) is 14.3. The van der Waals surface area contributed by atoms with E-state index < -0.39 is 0 Å². The number of benzene rings is 1. The minimum absolute atomic E-state index is 0.175. The standard InChI is InChI=1S/C14H12N4O2/c1-7-5-11(16-13(15-7)8(2)19)9-3-4-10-12(6-9)18-14(20)17-10/h3-6H,1-2H3,(H2,17,18,20). The lowest BCUT2D eigenvalue weighted by Crippen LogP contribution is -2.03. The molecule has 0 radical (unpaired) electrons. The van der Waals surface area contributed by atoms with Crippen LogP contribution in [0, 0.1) is 6.92 Å². The van der Waals surface area contributed by atoms with E-state index in [1.807, 2.05) is 19.1 Å². The third-order valence-corrected chi connectivity index (χ3v) is 2.98. The van der Waals surface area contributed by atoms with Gasteiger partial charge < -0.3 is 9.97 Å². The average molecular weight is 268 g/mol. The van der Waals surface area contributed by atoms with Gasteiger partial charge >= 0.3 is 5.69 Å². The Bertz CT molecular complexity index is 876. The summed E-state index contributed by atoms with van der Waals surface area (Å²) in [6.45, 7) is 3.25. The molecular weight excluding hydrogens is 256 g/mol. The number of imidazole rings is 1. The van der Waals surface area contributed by atoms with E-state index in [1.54, 1.807) is 12.1 Å². The highest BCUT2D eigenvalue weighted by molar-refractivity contribution is 5.91. The predicted molar refractivity (Wildman–Crippen MR) is 74.7 cm³/mol. The molecule has 3 rings (SSSR count). The molecule has 6 nitrogen and oxygen atoms in total. The van der Waals surface area contributed by atoms with Crippen molar-refractivity contribution < 1.29 is 4.79 Å². The molecule has 0 unspecified atom stereocenters. The molecule has 100 valence electrons. The van der Waals surface area contributed by atoms with Crippen LogP contribution in [-0.4, -0.2) is 25.7 Å². The monoisotopic (exact) mass is 268 g/mol. The van der Waals surface area contributed by atoms with Crippen molar-refractivity contribution in [2.24, 2.45) is 0 Å². The van der Waals surface area contributed by atoms with Crippen LogP contribution in [-0.2, 0) is 0 Å². The fourth-order valence-corrected chi connectivity index (χ4v) is 2.07. The summed E-state index contributed by atoms with van der Waals surface area (Å²) in [5.41, 5.74) is 3.39. The number of nitrogens with one attached hydrogen (secondary N) is 2. The highest BCUT2D eigenvalue weighted by Gasteiger charge is 2.09. The maximum Gasteiger partial charge on any atom is 0.323 e. The van der Waals surface area contributed by atoms with Gasteiger partial charge in [0, 0.05) is 18.2 Å². The second-order valence-electron chi connectivity index (χ2n) is 4.61. The van der Waals surface area contributed by atoms with Gasteiger partial charge in [0.2, 0.25) is 0 Å². The number of nitrogens with zero attached hydrogens (tertiary/aromatic N) is 2. The van der Waals surface area contributed by atoms with Crippen molar-refractivity contribution in [3.8, 4) is 11.3 Å². The normalized spacial score (nSPS) is 10.9. The summed E-state index contributed by atoms with van der Waals surface area (Å²) in [6, 6.07) is 7.27. The summed E-state index contributed by atoms with van der Waals surface area (Å²) in [5, 5.41) is 0. The van der Waals surface area contributed by atoms with Crippen LogP contribution >= 0.6 is 0 Å². The van der Waals surface area contributed by atoms with Crippen LogP contribution in [0.5, 0.6) is 0 Å². The number of ketones is 1. The molecule has 0 saturated carbocycles. The van der Waals surface area contributed by atoms with Crippen molar-refractivity contribution in [3.05, 3.63) is 46.3 Å². The number of hydrogen-bond donors (Lipinski definition) is 2. The van der Waals surface area contributed by atoms with E-state index in [9.17, 15) is 9.59 Å². The van der Waals surface area contributed by atoms with Crippen molar-refractivity contribution in [1.29, 1.82) is 0 Å². The fraction of sp³-hybridized carbons (Fsp3) is 0.143. The van der Waals surface area contributed by atoms with Gasteiger partial charge in [0.1, 0.15) is 0 Å². The van der Waals surface area contributed by atoms with Crippen LogP contribution in [0.3, 0.4) is 0 Å². The van der Waals surface area contributed by atoms with Crippen molar-refractivity contribution in [1.82, 2.24) is 19.9 Å². The minimum Gasteiger partial charge on any atom is -0.306 e. The predicted octanol–water partition coefficient (Wildman–Crippen LogP) is 1.82. The van der Waals surface area contributed by atoms with Gasteiger partial charge in [0.15, 0.2) is 11.6 Å². The molecule has 2 N–H and O–H groups in total. The Labute approximate surface area is 113 Å². The number of aromatic amines is 2. The van der Waals surface area contributed by atoms with Gasteiger partial charge in [-0.2, -0.15) is 0 Å². The Morgan fingerprint density at radius 3 is 2.60 bits per heavy atom. The summed E-state index contributed by atoms with van der Waals surface area (Å²) < 4.78 is 0. The first-order valence-corrected chi connectivity index (χ1v) is 6.12. The van der Waals surface area contributed by atoms with Crippen molar-refractivity contribution in [3.63, 3.8) is 0 Å². The number of hydrogen-bond acceptors (Lipinski definition) is 4. The van der Waals surface area contributed by atoms with Crippen molar-refractivity contribution in [2.45, 2.75) is 13.8 Å². The summed E-state index contributed by atoms with van der Waals surface area (Å²) in [5.74, 6) is 0.0220. The molecule has 0 saturated heterocycles. The number of carbonyl (C=O) groups is 1. The van der Waals surface area contributed by atoms with Crippen LogP contribution in [0.15, 0.2) is 29.1 Å². The van der Waals surface area contributed by atoms with E-state index in [0.29, 0.717) is 11.2 Å². The largest absolute Gasteiger partial charge is 0.323 e. The van der Waals surface area contributed by atoms with Gasteiger partial charge in [-0.15, -0.1) is 0 Å². The first kappa shape index (κ1) is 12.3. The first-order chi connectivity index (χ1) is 9.52. The zero-order valence-electron chi connectivity index (χ0n) is 11.0. The van der Waals surface area contributed by atoms with E-state index in [-0.39, 0.29) is 17.3 Å². The number of aromatic nitrogens is 4. The Balaban J connectivity index is 2.19. The molecule has 20 heavy (non-hydrogen) atoms. The van der Waals surface area contributed by atoms with Crippen LogP contribution in [0.25, 0.3) is 22.3 Å². The molecule has 0 bridgehead atoms. The number of carbonyl (C=O) groups excluding carboxylic acids is 1. The Morgan fingerprint density at radius 1 is 1.10 bits per heavy atom. The van der Waals surface area contributed by atoms with Crippen molar-refractivity contribution >= 4 is 16.8 Å². The topological polar surface area (TPSA) is 91.5 Å². The summed E-state index contributed by atoms with van der Waals surface area (Å²) in [7, 11) is 0. The average Bonchev–Trinajstić information content (AvgIpc) is 2.76. The van der Waals surface area contributed by atoms with Gasteiger partial charge in [-0.05, 0) is 25.1 Å². The highest BCUT2D eigenvalue weighted by Crippen LogP contribution is 2.21. The molecule has 0 fully saturated rings. The number of fused-ring (bicyclic) bond motifs is 1. The Kier molecular flexibility index (Phi) is 2.71. The number of rotatable bonds is 2. The Morgan fingerprint density at radius 2 is 1.85 bits per heavy atom. The molecule has 0 aliphatic carbocycles. The van der Waals surface area contributed by atoms with E-state index in [2.05, 4.69) is 19.9 Å². The number of H-pyrrole nitrogens is 2. The van der Waals surface area contributed by atoms with Gasteiger partial charge in [-0.25, -0.2) is 14.8 Å². The van der Waals surface area contributed by atoms with Crippen LogP contribution in [0.2, 0.25) is 0 Å². The molecule has 0 aliphatic heterocycles. The van der Waals surface area contributed by atoms with E-state index >= 15 is 0 Å². The molecule has 0 spiro atoms. The van der Waals surface area contributed by atoms with Gasteiger partial charge in [-0.1, -0.05) is 6.07 Å². The second kappa shape index (κ2) is 4.41. The molecule has 1 aromatic carbocycles.